The number of aromatic nitrogens is 2. The van der Waals surface area contributed by atoms with E-state index in [1.807, 2.05) is 65.3 Å². The van der Waals surface area contributed by atoms with E-state index in [1.54, 1.807) is 12.1 Å². The van der Waals surface area contributed by atoms with E-state index in [0.717, 1.165) is 37.0 Å². The van der Waals surface area contributed by atoms with Gasteiger partial charge in [0, 0.05) is 20.1 Å². The van der Waals surface area contributed by atoms with Crippen LogP contribution < -0.4 is 0 Å². The predicted octanol–water partition coefficient (Wildman–Crippen LogP) is 7.23. The molecule has 0 spiro atoms. The Morgan fingerprint density at radius 3 is 2.00 bits per heavy atom. The molecule has 1 aromatic heterocycles. The van der Waals surface area contributed by atoms with Gasteiger partial charge >= 0.3 is 5.97 Å². The summed E-state index contributed by atoms with van der Waals surface area (Å²) in [6, 6.07) is 23.2. The molecule has 4 nitrogen and oxygen atoms in total. The van der Waals surface area contributed by atoms with Gasteiger partial charge in [0.25, 0.3) is 0 Å². The molecule has 0 saturated carbocycles. The maximum Gasteiger partial charge on any atom is 0.337 e. The van der Waals surface area contributed by atoms with Crippen LogP contribution in [0.15, 0.2) is 81.7 Å². The van der Waals surface area contributed by atoms with E-state index in [4.69, 9.17) is 21.4 Å². The van der Waals surface area contributed by atoms with Crippen molar-refractivity contribution in [2.75, 3.05) is 7.11 Å². The molecule has 0 bridgehead atoms. The number of rotatable bonds is 5. The van der Waals surface area contributed by atoms with E-state index >= 15 is 0 Å². The van der Waals surface area contributed by atoms with E-state index in [2.05, 4.69) is 31.9 Å². The lowest BCUT2D eigenvalue weighted by atomic mass is 10.1. The summed E-state index contributed by atoms with van der Waals surface area (Å²) in [5.74, 6) is -0.359. The number of hydrogen-bond donors (Lipinski definition) is 0. The maximum atomic E-state index is 11.7. The zero-order valence-corrected chi connectivity index (χ0v) is 20.4. The molecular weight excluding hydrogens is 544 g/mol. The van der Waals surface area contributed by atoms with Crippen LogP contribution >= 0.6 is 43.5 Å². The van der Waals surface area contributed by atoms with Crippen LogP contribution in [0.2, 0.25) is 5.02 Å². The fourth-order valence-electron chi connectivity index (χ4n) is 3.27. The van der Waals surface area contributed by atoms with Crippen molar-refractivity contribution in [1.82, 2.24) is 9.78 Å². The topological polar surface area (TPSA) is 44.1 Å². The highest BCUT2D eigenvalue weighted by atomic mass is 79.9. The van der Waals surface area contributed by atoms with Crippen LogP contribution in [-0.2, 0) is 11.3 Å². The summed E-state index contributed by atoms with van der Waals surface area (Å²) in [6.07, 6.45) is 0. The summed E-state index contributed by atoms with van der Waals surface area (Å²) in [7, 11) is 1.37. The summed E-state index contributed by atoms with van der Waals surface area (Å²) in [6.45, 7) is 0.503. The van der Waals surface area contributed by atoms with Crippen molar-refractivity contribution in [2.24, 2.45) is 0 Å². The number of nitrogens with zero attached hydrogens (tertiary/aromatic N) is 2. The molecule has 0 atom stereocenters. The first-order valence-electron chi connectivity index (χ1n) is 9.41. The lowest BCUT2D eigenvalue weighted by molar-refractivity contribution is 0.0600. The fourth-order valence-corrected chi connectivity index (χ4v) is 4.15. The number of benzene rings is 3. The molecule has 1 heterocycles. The van der Waals surface area contributed by atoms with Crippen molar-refractivity contribution in [1.29, 1.82) is 0 Å². The van der Waals surface area contributed by atoms with E-state index in [-0.39, 0.29) is 5.97 Å². The zero-order valence-electron chi connectivity index (χ0n) is 16.5. The highest BCUT2D eigenvalue weighted by Gasteiger charge is 2.19. The summed E-state index contributed by atoms with van der Waals surface area (Å²) in [5, 5.41) is 5.44. The van der Waals surface area contributed by atoms with Gasteiger partial charge in [-0.15, -0.1) is 0 Å². The van der Waals surface area contributed by atoms with Gasteiger partial charge in [0.2, 0.25) is 0 Å². The maximum absolute atomic E-state index is 11.7. The first kappa shape index (κ1) is 21.8. The second kappa shape index (κ2) is 9.39. The molecule has 4 rings (SSSR count). The number of carbonyl (C=O) groups excluding carboxylic acids is 1. The summed E-state index contributed by atoms with van der Waals surface area (Å²) < 4.78 is 8.66. The molecule has 0 aliphatic rings. The Hall–Kier alpha value is -2.41. The van der Waals surface area contributed by atoms with E-state index < -0.39 is 0 Å². The van der Waals surface area contributed by atoms with Crippen LogP contribution in [0.25, 0.3) is 22.5 Å². The lowest BCUT2D eigenvalue weighted by Crippen LogP contribution is -2.05. The number of esters is 1. The van der Waals surface area contributed by atoms with Gasteiger partial charge < -0.3 is 4.74 Å². The average molecular weight is 561 g/mol. The largest absolute Gasteiger partial charge is 0.465 e. The van der Waals surface area contributed by atoms with Crippen LogP contribution in [0.1, 0.15) is 15.9 Å². The standard InChI is InChI=1S/C24H17Br2ClN2O2/c1-31-24(30)18-4-2-15(3-5-18)14-29-23(17-8-12-20(26)13-9-17)21(27)22(28-29)16-6-10-19(25)11-7-16/h2-13H,14H2,1H3. The van der Waals surface area contributed by atoms with Crippen LogP contribution in [0.4, 0.5) is 0 Å². The van der Waals surface area contributed by atoms with Crippen LogP contribution in [-0.4, -0.2) is 22.9 Å². The number of carbonyl (C=O) groups is 1. The van der Waals surface area contributed by atoms with Crippen molar-refractivity contribution in [3.05, 3.63) is 97.9 Å². The third-order valence-corrected chi connectivity index (χ3v) is 6.25. The molecule has 0 amide bonds. The van der Waals surface area contributed by atoms with Crippen LogP contribution in [0.3, 0.4) is 0 Å². The second-order valence-electron chi connectivity index (χ2n) is 6.87. The van der Waals surface area contributed by atoms with Gasteiger partial charge in [0.15, 0.2) is 0 Å². The predicted molar refractivity (Wildman–Crippen MR) is 130 cm³/mol. The molecule has 0 aliphatic heterocycles. The number of hydrogen-bond acceptors (Lipinski definition) is 3. The monoisotopic (exact) mass is 558 g/mol. The SMILES string of the molecule is COC(=O)c1ccc(Cn2nc(-c3ccc(Br)cc3)c(Cl)c2-c2ccc(Br)cc2)cc1. The Balaban J connectivity index is 1.78. The average Bonchev–Trinajstić information content (AvgIpc) is 3.10. The first-order valence-corrected chi connectivity index (χ1v) is 11.4. The van der Waals surface area contributed by atoms with Crippen molar-refractivity contribution in [3.8, 4) is 22.5 Å². The fraction of sp³-hybridized carbons (Fsp3) is 0.0833. The minimum absolute atomic E-state index is 0.359. The molecule has 0 aliphatic carbocycles. The van der Waals surface area contributed by atoms with E-state index in [9.17, 15) is 4.79 Å². The van der Waals surface area contributed by atoms with Gasteiger partial charge in [-0.05, 0) is 42.0 Å². The quantitative estimate of drug-likeness (QED) is 0.242. The molecule has 0 unspecified atom stereocenters. The Morgan fingerprint density at radius 1 is 0.903 bits per heavy atom. The van der Waals surface area contributed by atoms with Gasteiger partial charge in [-0.25, -0.2) is 4.79 Å². The van der Waals surface area contributed by atoms with Crippen LogP contribution in [0, 0.1) is 0 Å². The minimum Gasteiger partial charge on any atom is -0.465 e. The molecule has 31 heavy (non-hydrogen) atoms. The van der Waals surface area contributed by atoms with E-state index in [1.165, 1.54) is 7.11 Å². The molecule has 156 valence electrons. The lowest BCUT2D eigenvalue weighted by Gasteiger charge is -2.09. The van der Waals surface area contributed by atoms with Gasteiger partial charge in [0.05, 0.1) is 29.9 Å². The first-order chi connectivity index (χ1) is 15.0. The summed E-state index contributed by atoms with van der Waals surface area (Å²) in [5.41, 5.74) is 4.96. The van der Waals surface area contributed by atoms with Gasteiger partial charge in [-0.3, -0.25) is 4.68 Å². The minimum atomic E-state index is -0.359. The molecule has 0 saturated heterocycles. The van der Waals surface area contributed by atoms with Gasteiger partial charge in [-0.2, -0.15) is 5.10 Å². The van der Waals surface area contributed by atoms with Crippen molar-refractivity contribution in [2.45, 2.75) is 6.54 Å². The molecule has 4 aromatic rings. The second-order valence-corrected chi connectivity index (χ2v) is 9.08. The summed E-state index contributed by atoms with van der Waals surface area (Å²) in [4.78, 5) is 11.7. The highest BCUT2D eigenvalue weighted by molar-refractivity contribution is 9.10. The Morgan fingerprint density at radius 2 is 1.45 bits per heavy atom. The highest BCUT2D eigenvalue weighted by Crippen LogP contribution is 2.37. The number of methoxy groups -OCH3 is 1. The van der Waals surface area contributed by atoms with Gasteiger partial charge in [0.1, 0.15) is 5.69 Å². The third kappa shape index (κ3) is 4.76. The Kier molecular flexibility index (Phi) is 6.60. The summed E-state index contributed by atoms with van der Waals surface area (Å²) >= 11 is 13.8. The Bertz CT molecular complexity index is 1220. The molecule has 3 aromatic carbocycles. The van der Waals surface area contributed by atoms with E-state index in [0.29, 0.717) is 17.1 Å². The molecular formula is C24H17Br2ClN2O2. The number of ether oxygens (including phenoxy) is 1. The molecule has 7 heteroatoms. The van der Waals surface area contributed by atoms with Crippen molar-refractivity contribution in [3.63, 3.8) is 0 Å². The molecule has 0 fully saturated rings. The van der Waals surface area contributed by atoms with Crippen LogP contribution in [0.5, 0.6) is 0 Å². The zero-order chi connectivity index (χ0) is 22.0. The third-order valence-electron chi connectivity index (χ3n) is 4.84. The van der Waals surface area contributed by atoms with Crippen molar-refractivity contribution < 1.29 is 9.53 Å². The Labute approximate surface area is 202 Å². The smallest absolute Gasteiger partial charge is 0.337 e. The molecule has 0 N–H and O–H groups in total. The number of halogens is 3. The molecule has 0 radical (unpaired) electrons. The van der Waals surface area contributed by atoms with Gasteiger partial charge in [-0.1, -0.05) is 79.9 Å². The normalized spacial score (nSPS) is 10.8. The van der Waals surface area contributed by atoms with Crippen molar-refractivity contribution >= 4 is 49.4 Å².